The van der Waals surface area contributed by atoms with E-state index >= 15 is 0 Å². The van der Waals surface area contributed by atoms with Crippen LogP contribution >= 0.6 is 7.60 Å². The summed E-state index contributed by atoms with van der Waals surface area (Å²) >= 11 is 0. The first-order valence-electron chi connectivity index (χ1n) is 9.82. The number of amides is 1. The standard InChI is InChI=1S/C20H33N2O5P/c1-7-15-16(8-2)18(27-28(6,24)25)10-9-17(15)21-11-13-22(14-12-21)19(23)26-20(3,4)5/h9-10H,7-8,11-14H2,1-6H3,(H,24,25). The van der Waals surface area contributed by atoms with Crippen molar-refractivity contribution in [2.75, 3.05) is 37.7 Å². The Kier molecular flexibility index (Phi) is 7.05. The van der Waals surface area contributed by atoms with E-state index < -0.39 is 13.2 Å². The highest BCUT2D eigenvalue weighted by atomic mass is 31.2. The Hall–Kier alpha value is -1.72. The average molecular weight is 412 g/mol. The van der Waals surface area contributed by atoms with Crippen LogP contribution in [0.25, 0.3) is 0 Å². The molecule has 1 N–H and O–H groups in total. The molecule has 1 aliphatic rings. The smallest absolute Gasteiger partial charge is 0.410 e. The third kappa shape index (κ3) is 5.89. The quantitative estimate of drug-likeness (QED) is 0.735. The average Bonchev–Trinajstić information content (AvgIpc) is 2.58. The minimum atomic E-state index is -3.61. The van der Waals surface area contributed by atoms with Crippen LogP contribution in [0.3, 0.4) is 0 Å². The summed E-state index contributed by atoms with van der Waals surface area (Å²) in [6.07, 6.45) is 1.23. The molecule has 2 rings (SSSR count). The van der Waals surface area contributed by atoms with Gasteiger partial charge in [0.1, 0.15) is 11.4 Å². The molecular weight excluding hydrogens is 379 g/mol. The van der Waals surface area contributed by atoms with Gasteiger partial charge >= 0.3 is 13.7 Å². The van der Waals surface area contributed by atoms with Gasteiger partial charge in [-0.3, -0.25) is 0 Å². The van der Waals surface area contributed by atoms with Crippen LogP contribution in [0, 0.1) is 0 Å². The topological polar surface area (TPSA) is 79.3 Å². The molecule has 158 valence electrons. The molecule has 1 heterocycles. The second-order valence-corrected chi connectivity index (χ2v) is 9.88. The molecule has 1 saturated heterocycles. The predicted octanol–water partition coefficient (Wildman–Crippen LogP) is 4.06. The van der Waals surface area contributed by atoms with Gasteiger partial charge in [0.2, 0.25) is 0 Å². The van der Waals surface area contributed by atoms with Crippen molar-refractivity contribution in [1.29, 1.82) is 0 Å². The second-order valence-electron chi connectivity index (χ2n) is 8.10. The summed E-state index contributed by atoms with van der Waals surface area (Å²) in [5.74, 6) is 0.476. The van der Waals surface area contributed by atoms with Crippen molar-refractivity contribution in [3.8, 4) is 5.75 Å². The number of carbonyl (C=O) groups is 1. The van der Waals surface area contributed by atoms with Crippen molar-refractivity contribution in [2.24, 2.45) is 0 Å². The molecule has 0 spiro atoms. The highest BCUT2D eigenvalue weighted by molar-refractivity contribution is 7.52. The summed E-state index contributed by atoms with van der Waals surface area (Å²) in [4.78, 5) is 25.9. The van der Waals surface area contributed by atoms with Gasteiger partial charge in [-0.15, -0.1) is 0 Å². The van der Waals surface area contributed by atoms with E-state index in [0.717, 1.165) is 23.2 Å². The Balaban J connectivity index is 2.18. The zero-order valence-electron chi connectivity index (χ0n) is 17.8. The summed E-state index contributed by atoms with van der Waals surface area (Å²) in [6, 6.07) is 3.73. The molecule has 0 aliphatic carbocycles. The van der Waals surface area contributed by atoms with E-state index in [1.807, 2.05) is 33.8 Å². The van der Waals surface area contributed by atoms with Gasteiger partial charge in [-0.25, -0.2) is 9.36 Å². The maximum absolute atomic E-state index is 12.3. The maximum Gasteiger partial charge on any atom is 0.410 e. The zero-order chi connectivity index (χ0) is 21.1. The van der Waals surface area contributed by atoms with Crippen LogP contribution in [0.15, 0.2) is 12.1 Å². The van der Waals surface area contributed by atoms with Crippen LogP contribution in [-0.4, -0.2) is 54.3 Å². The molecule has 0 aromatic heterocycles. The third-order valence-electron chi connectivity index (χ3n) is 4.61. The van der Waals surface area contributed by atoms with Crippen LogP contribution in [-0.2, 0) is 22.1 Å². The van der Waals surface area contributed by atoms with Crippen LogP contribution in [0.5, 0.6) is 5.75 Å². The number of rotatable bonds is 5. The molecule has 1 amide bonds. The number of ether oxygens (including phenoxy) is 1. The number of hydrogen-bond donors (Lipinski definition) is 1. The van der Waals surface area contributed by atoms with Crippen LogP contribution in [0.1, 0.15) is 45.7 Å². The number of anilines is 1. The fourth-order valence-electron chi connectivity index (χ4n) is 3.46. The lowest BCUT2D eigenvalue weighted by molar-refractivity contribution is 0.0240. The summed E-state index contributed by atoms with van der Waals surface area (Å²) in [5.41, 5.74) is 2.69. The Morgan fingerprint density at radius 1 is 1.11 bits per heavy atom. The number of piperazine rings is 1. The molecule has 1 aromatic carbocycles. The van der Waals surface area contributed by atoms with Crippen LogP contribution < -0.4 is 9.42 Å². The highest BCUT2D eigenvalue weighted by Crippen LogP contribution is 2.42. The molecule has 8 heteroatoms. The molecule has 1 fully saturated rings. The van der Waals surface area contributed by atoms with E-state index in [-0.39, 0.29) is 6.09 Å². The van der Waals surface area contributed by atoms with Gasteiger partial charge in [-0.05, 0) is 56.9 Å². The number of hydrogen-bond acceptors (Lipinski definition) is 5. The highest BCUT2D eigenvalue weighted by Gasteiger charge is 2.27. The fraction of sp³-hybridized carbons (Fsp3) is 0.650. The first-order valence-corrected chi connectivity index (χ1v) is 11.8. The van der Waals surface area contributed by atoms with Crippen molar-refractivity contribution < 1.29 is 23.5 Å². The van der Waals surface area contributed by atoms with Gasteiger partial charge in [0.15, 0.2) is 0 Å². The summed E-state index contributed by atoms with van der Waals surface area (Å²) in [6.45, 7) is 13.5. The first-order chi connectivity index (χ1) is 12.9. The molecule has 1 aromatic rings. The Morgan fingerprint density at radius 2 is 1.68 bits per heavy atom. The fourth-order valence-corrected chi connectivity index (χ4v) is 4.00. The molecule has 28 heavy (non-hydrogen) atoms. The lowest BCUT2D eigenvalue weighted by Crippen LogP contribution is -2.50. The van der Waals surface area contributed by atoms with Gasteiger partial charge < -0.3 is 24.0 Å². The van der Waals surface area contributed by atoms with Crippen LogP contribution in [0.2, 0.25) is 0 Å². The largest absolute Gasteiger partial charge is 0.444 e. The molecule has 0 bridgehead atoms. The zero-order valence-corrected chi connectivity index (χ0v) is 18.7. The molecular formula is C20H33N2O5P. The molecule has 0 saturated carbocycles. The molecule has 1 atom stereocenters. The second kappa shape index (κ2) is 8.75. The normalized spacial score (nSPS) is 17.2. The summed E-state index contributed by atoms with van der Waals surface area (Å²) < 4.78 is 22.5. The lowest BCUT2D eigenvalue weighted by Gasteiger charge is -2.38. The monoisotopic (exact) mass is 412 g/mol. The molecule has 1 unspecified atom stereocenters. The van der Waals surface area contributed by atoms with E-state index in [2.05, 4.69) is 11.8 Å². The van der Waals surface area contributed by atoms with Gasteiger partial charge in [-0.2, -0.15) is 0 Å². The van der Waals surface area contributed by atoms with Gasteiger partial charge in [-0.1, -0.05) is 13.8 Å². The molecule has 1 aliphatic heterocycles. The Bertz CT molecular complexity index is 746. The molecule has 0 radical (unpaired) electrons. The minimum Gasteiger partial charge on any atom is -0.444 e. The van der Waals surface area contributed by atoms with Crippen molar-refractivity contribution >= 4 is 19.4 Å². The van der Waals surface area contributed by atoms with Crippen molar-refractivity contribution in [3.63, 3.8) is 0 Å². The van der Waals surface area contributed by atoms with E-state index in [1.165, 1.54) is 6.66 Å². The Labute approximate surface area is 168 Å². The first kappa shape index (κ1) is 22.6. The van der Waals surface area contributed by atoms with Crippen molar-refractivity contribution in [3.05, 3.63) is 23.3 Å². The SMILES string of the molecule is CCc1c(OP(C)(=O)O)ccc(N2CCN(C(=O)OC(C)(C)C)CC2)c1CC. The number of nitrogens with zero attached hydrogens (tertiary/aromatic N) is 2. The molecule has 7 nitrogen and oxygen atoms in total. The number of carbonyl (C=O) groups excluding carboxylic acids is 1. The van der Waals surface area contributed by atoms with E-state index in [1.54, 1.807) is 11.0 Å². The third-order valence-corrected chi connectivity index (χ3v) is 5.15. The minimum absolute atomic E-state index is 0.275. The van der Waals surface area contributed by atoms with Gasteiger partial charge in [0, 0.05) is 38.5 Å². The predicted molar refractivity (Wildman–Crippen MR) is 112 cm³/mol. The Morgan fingerprint density at radius 3 is 2.14 bits per heavy atom. The summed E-state index contributed by atoms with van der Waals surface area (Å²) in [7, 11) is -3.61. The van der Waals surface area contributed by atoms with E-state index in [4.69, 9.17) is 9.26 Å². The van der Waals surface area contributed by atoms with Crippen molar-refractivity contribution in [1.82, 2.24) is 4.90 Å². The lowest BCUT2D eigenvalue weighted by atomic mass is 9.98. The maximum atomic E-state index is 12.3. The van der Waals surface area contributed by atoms with Gasteiger partial charge in [0.05, 0.1) is 0 Å². The summed E-state index contributed by atoms with van der Waals surface area (Å²) in [5, 5.41) is 0. The number of benzene rings is 1. The van der Waals surface area contributed by atoms with Gasteiger partial charge in [0.25, 0.3) is 0 Å². The van der Waals surface area contributed by atoms with E-state index in [9.17, 15) is 14.3 Å². The van der Waals surface area contributed by atoms with Crippen molar-refractivity contribution in [2.45, 2.75) is 53.1 Å². The van der Waals surface area contributed by atoms with Crippen LogP contribution in [0.4, 0.5) is 10.5 Å². The van der Waals surface area contributed by atoms with E-state index in [0.29, 0.717) is 38.3 Å².